The maximum Gasteiger partial charge on any atom is 0.231 e. The molecule has 0 spiro atoms. The Morgan fingerprint density at radius 1 is 1.50 bits per heavy atom. The summed E-state index contributed by atoms with van der Waals surface area (Å²) in [6, 6.07) is 6.57. The smallest absolute Gasteiger partial charge is 0.231 e. The molecule has 3 N–H and O–H groups in total. The van der Waals surface area contributed by atoms with Gasteiger partial charge in [0.2, 0.25) is 5.91 Å². The Morgan fingerprint density at radius 2 is 2.20 bits per heavy atom. The molecule has 1 aliphatic carbocycles. The Labute approximate surface area is 121 Å². The van der Waals surface area contributed by atoms with E-state index < -0.39 is 11.4 Å². The van der Waals surface area contributed by atoms with Crippen LogP contribution in [0.25, 0.3) is 0 Å². The van der Waals surface area contributed by atoms with Crippen molar-refractivity contribution >= 4 is 23.4 Å². The molecule has 6 heteroatoms. The minimum absolute atomic E-state index is 0.0876. The number of carbonyl (C=O) groups excluding carboxylic acids is 1. The molecule has 20 heavy (non-hydrogen) atoms. The number of nitrogens with one attached hydrogen (secondary N) is 1. The number of carbonyl (C=O) groups is 1. The minimum Gasteiger partial charge on any atom is -0.399 e. The molecule has 0 saturated heterocycles. The number of hydrogen-bond acceptors (Lipinski definition) is 4. The number of hydrogen-bond donors (Lipinski definition) is 2. The molecule has 106 valence electrons. The summed E-state index contributed by atoms with van der Waals surface area (Å²) in [4.78, 5) is 12.3. The van der Waals surface area contributed by atoms with Gasteiger partial charge in [0.05, 0.1) is 11.8 Å². The second-order valence-electron chi connectivity index (χ2n) is 4.93. The zero-order chi connectivity index (χ0) is 14.6. The SMILES string of the molecule is N#CC1(NC(=O)CSc2ccc(N)cc2F)CCCC1. The lowest BCUT2D eigenvalue weighted by molar-refractivity contribution is -0.119. The number of benzene rings is 1. The molecule has 1 aliphatic rings. The highest BCUT2D eigenvalue weighted by Crippen LogP contribution is 2.29. The first kappa shape index (κ1) is 14.7. The Hall–Kier alpha value is -1.74. The molecular formula is C14H16FN3OS. The zero-order valence-electron chi connectivity index (χ0n) is 11.0. The molecule has 1 fully saturated rings. The lowest BCUT2D eigenvalue weighted by atomic mass is 10.0. The van der Waals surface area contributed by atoms with Gasteiger partial charge in [-0.15, -0.1) is 11.8 Å². The summed E-state index contributed by atoms with van der Waals surface area (Å²) in [6.07, 6.45) is 3.29. The Bertz CT molecular complexity index is 550. The van der Waals surface area contributed by atoms with E-state index in [1.165, 1.54) is 6.07 Å². The van der Waals surface area contributed by atoms with Crippen molar-refractivity contribution in [3.63, 3.8) is 0 Å². The summed E-state index contributed by atoms with van der Waals surface area (Å²) in [6.45, 7) is 0. The molecule has 2 rings (SSSR count). The van der Waals surface area contributed by atoms with Crippen LogP contribution in [-0.2, 0) is 4.79 Å². The van der Waals surface area contributed by atoms with E-state index >= 15 is 0 Å². The first-order chi connectivity index (χ1) is 9.54. The van der Waals surface area contributed by atoms with Gasteiger partial charge in [0.25, 0.3) is 0 Å². The lowest BCUT2D eigenvalue weighted by Crippen LogP contribution is -2.45. The Morgan fingerprint density at radius 3 is 2.80 bits per heavy atom. The van der Waals surface area contributed by atoms with Crippen LogP contribution >= 0.6 is 11.8 Å². The molecule has 0 bridgehead atoms. The highest BCUT2D eigenvalue weighted by Gasteiger charge is 2.35. The predicted octanol–water partition coefficient (Wildman–Crippen LogP) is 2.45. The summed E-state index contributed by atoms with van der Waals surface area (Å²) < 4.78 is 13.6. The van der Waals surface area contributed by atoms with Crippen LogP contribution in [0.15, 0.2) is 23.1 Å². The van der Waals surface area contributed by atoms with Crippen molar-refractivity contribution in [2.24, 2.45) is 0 Å². The van der Waals surface area contributed by atoms with Crippen molar-refractivity contribution in [2.45, 2.75) is 36.1 Å². The van der Waals surface area contributed by atoms with Crippen molar-refractivity contribution < 1.29 is 9.18 Å². The van der Waals surface area contributed by atoms with Gasteiger partial charge in [0.15, 0.2) is 0 Å². The fourth-order valence-corrected chi connectivity index (χ4v) is 3.04. The molecule has 1 amide bonds. The van der Waals surface area contributed by atoms with Crippen LogP contribution in [0.3, 0.4) is 0 Å². The topological polar surface area (TPSA) is 78.9 Å². The third-order valence-corrected chi connectivity index (χ3v) is 4.41. The van der Waals surface area contributed by atoms with Gasteiger partial charge in [0, 0.05) is 10.6 Å². The summed E-state index contributed by atoms with van der Waals surface area (Å²) in [5.74, 6) is -0.585. The van der Waals surface area contributed by atoms with Gasteiger partial charge in [-0.2, -0.15) is 5.26 Å². The molecule has 0 atom stereocenters. The van der Waals surface area contributed by atoms with Crippen LogP contribution < -0.4 is 11.1 Å². The maximum atomic E-state index is 13.6. The number of nitrogens with zero attached hydrogens (tertiary/aromatic N) is 1. The quantitative estimate of drug-likeness (QED) is 0.660. The second-order valence-corrected chi connectivity index (χ2v) is 5.94. The van der Waals surface area contributed by atoms with E-state index in [9.17, 15) is 14.4 Å². The molecule has 1 aromatic rings. The predicted molar refractivity (Wildman–Crippen MR) is 76.5 cm³/mol. The molecule has 0 heterocycles. The third-order valence-electron chi connectivity index (χ3n) is 3.36. The van der Waals surface area contributed by atoms with Gasteiger partial charge in [-0.05, 0) is 43.9 Å². The van der Waals surface area contributed by atoms with E-state index in [2.05, 4.69) is 11.4 Å². The highest BCUT2D eigenvalue weighted by molar-refractivity contribution is 8.00. The molecule has 1 saturated carbocycles. The van der Waals surface area contributed by atoms with E-state index in [4.69, 9.17) is 5.73 Å². The normalized spacial score (nSPS) is 16.6. The summed E-state index contributed by atoms with van der Waals surface area (Å²) in [5.41, 5.74) is 5.09. The summed E-state index contributed by atoms with van der Waals surface area (Å²) in [5, 5.41) is 12.0. The number of halogens is 1. The van der Waals surface area contributed by atoms with Gasteiger partial charge in [-0.1, -0.05) is 0 Å². The van der Waals surface area contributed by atoms with E-state index in [0.29, 0.717) is 23.4 Å². The van der Waals surface area contributed by atoms with Gasteiger partial charge < -0.3 is 11.1 Å². The molecule has 4 nitrogen and oxygen atoms in total. The van der Waals surface area contributed by atoms with Crippen molar-refractivity contribution in [3.8, 4) is 6.07 Å². The minimum atomic E-state index is -0.725. The number of thioether (sulfide) groups is 1. The van der Waals surface area contributed by atoms with E-state index in [0.717, 1.165) is 24.6 Å². The number of amides is 1. The van der Waals surface area contributed by atoms with Crippen LogP contribution in [-0.4, -0.2) is 17.2 Å². The number of nitrogens with two attached hydrogens (primary N) is 1. The summed E-state index contributed by atoms with van der Waals surface area (Å²) in [7, 11) is 0. The van der Waals surface area contributed by atoms with Crippen molar-refractivity contribution in [2.75, 3.05) is 11.5 Å². The molecule has 0 aromatic heterocycles. The fourth-order valence-electron chi connectivity index (χ4n) is 2.32. The van der Waals surface area contributed by atoms with Crippen molar-refractivity contribution in [3.05, 3.63) is 24.0 Å². The van der Waals surface area contributed by atoms with Gasteiger partial charge in [0.1, 0.15) is 11.4 Å². The number of nitriles is 1. The standard InChI is InChI=1S/C14H16FN3OS/c15-11-7-10(17)3-4-12(11)20-8-13(19)18-14(9-16)5-1-2-6-14/h3-4,7H,1-2,5-6,8,17H2,(H,18,19). The maximum absolute atomic E-state index is 13.6. The van der Waals surface area contributed by atoms with Crippen LogP contribution in [0.4, 0.5) is 10.1 Å². The van der Waals surface area contributed by atoms with E-state index in [-0.39, 0.29) is 11.7 Å². The van der Waals surface area contributed by atoms with Crippen molar-refractivity contribution in [1.29, 1.82) is 5.26 Å². The first-order valence-electron chi connectivity index (χ1n) is 6.45. The number of nitrogen functional groups attached to an aromatic ring is 1. The van der Waals surface area contributed by atoms with Gasteiger partial charge in [-0.3, -0.25) is 4.79 Å². The number of anilines is 1. The van der Waals surface area contributed by atoms with Crippen LogP contribution in [0.2, 0.25) is 0 Å². The molecule has 0 aliphatic heterocycles. The third kappa shape index (κ3) is 3.42. The average Bonchev–Trinajstić information content (AvgIpc) is 2.87. The molecule has 1 aromatic carbocycles. The average molecular weight is 293 g/mol. The van der Waals surface area contributed by atoms with E-state index in [1.54, 1.807) is 12.1 Å². The molecular weight excluding hydrogens is 277 g/mol. The Balaban J connectivity index is 1.91. The zero-order valence-corrected chi connectivity index (χ0v) is 11.8. The largest absolute Gasteiger partial charge is 0.399 e. The monoisotopic (exact) mass is 293 g/mol. The van der Waals surface area contributed by atoms with Gasteiger partial charge in [-0.25, -0.2) is 4.39 Å². The van der Waals surface area contributed by atoms with Gasteiger partial charge >= 0.3 is 0 Å². The summed E-state index contributed by atoms with van der Waals surface area (Å²) >= 11 is 1.10. The second kappa shape index (κ2) is 6.14. The van der Waals surface area contributed by atoms with Crippen molar-refractivity contribution in [1.82, 2.24) is 5.32 Å². The lowest BCUT2D eigenvalue weighted by Gasteiger charge is -2.21. The van der Waals surface area contributed by atoms with Crippen LogP contribution in [0.5, 0.6) is 0 Å². The van der Waals surface area contributed by atoms with Crippen LogP contribution in [0.1, 0.15) is 25.7 Å². The van der Waals surface area contributed by atoms with E-state index in [1.807, 2.05) is 0 Å². The van der Waals surface area contributed by atoms with Crippen LogP contribution in [0, 0.1) is 17.1 Å². The molecule has 0 radical (unpaired) electrons. The number of rotatable bonds is 4. The first-order valence-corrected chi connectivity index (χ1v) is 7.43. The molecule has 0 unspecified atom stereocenters. The Kier molecular flexibility index (Phi) is 4.50. The highest BCUT2D eigenvalue weighted by atomic mass is 32.2. The fraction of sp³-hybridized carbons (Fsp3) is 0.429.